The van der Waals surface area contributed by atoms with Crippen LogP contribution in [-0.4, -0.2) is 13.6 Å². The molecule has 8 heavy (non-hydrogen) atoms. The molecular weight excluding hydrogens is 98.1 g/mol. The summed E-state index contributed by atoms with van der Waals surface area (Å²) in [5.41, 5.74) is 0. The summed E-state index contributed by atoms with van der Waals surface area (Å²) in [6, 6.07) is 0. The average Bonchev–Trinajstić information content (AvgIpc) is 1.63. The van der Waals surface area contributed by atoms with E-state index < -0.39 is 0 Å². The van der Waals surface area contributed by atoms with E-state index in [4.69, 9.17) is 0 Å². The fraction of sp³-hybridized carbons (Fsp3) is 1.00. The quantitative estimate of drug-likeness (QED) is 0.524. The summed E-state index contributed by atoms with van der Waals surface area (Å²) in [7, 11) is 1.90. The summed E-state index contributed by atoms with van der Waals surface area (Å²) >= 11 is 0. The summed E-state index contributed by atoms with van der Waals surface area (Å²) in [6.07, 6.45) is 5.75. The van der Waals surface area contributed by atoms with E-state index in [1.165, 1.54) is 25.7 Å². The molecule has 47 valence electrons. The van der Waals surface area contributed by atoms with Crippen LogP contribution in [0.3, 0.4) is 0 Å². The molecule has 0 spiro atoms. The Morgan fingerprint density at radius 1 is 1.50 bits per heavy atom. The van der Waals surface area contributed by atoms with Gasteiger partial charge in [-0.2, -0.15) is 0 Å². The van der Waals surface area contributed by atoms with Crippen LogP contribution in [-0.2, 0) is 0 Å². The summed E-state index contributed by atoms with van der Waals surface area (Å²) in [6.45, 7) is 1.09. The molecule has 1 radical (unpaired) electrons. The average molecular weight is 112 g/mol. The molecule has 0 bridgehead atoms. The second kappa shape index (κ2) is 3.08. The number of hydrogen-bond donors (Lipinski definition) is 0. The Morgan fingerprint density at radius 3 is 2.62 bits per heavy atom. The van der Waals surface area contributed by atoms with Crippen molar-refractivity contribution in [2.24, 2.45) is 5.92 Å². The molecular formula is C7H14N. The van der Waals surface area contributed by atoms with E-state index in [1.54, 1.807) is 0 Å². The van der Waals surface area contributed by atoms with Gasteiger partial charge in [-0.15, -0.1) is 0 Å². The molecule has 1 rings (SSSR count). The van der Waals surface area contributed by atoms with Crippen LogP contribution in [0.25, 0.3) is 0 Å². The second-order valence-corrected chi connectivity index (χ2v) is 2.63. The fourth-order valence-electron chi connectivity index (χ4n) is 1.09. The molecule has 1 heteroatoms. The van der Waals surface area contributed by atoms with E-state index in [1.807, 2.05) is 7.05 Å². The molecule has 0 aliphatic heterocycles. The minimum absolute atomic E-state index is 1.04. The third-order valence-corrected chi connectivity index (χ3v) is 1.99. The van der Waals surface area contributed by atoms with Crippen molar-refractivity contribution in [2.45, 2.75) is 25.7 Å². The minimum atomic E-state index is 1.04. The zero-order valence-corrected chi connectivity index (χ0v) is 5.56. The molecule has 1 fully saturated rings. The van der Waals surface area contributed by atoms with Gasteiger partial charge >= 0.3 is 0 Å². The second-order valence-electron chi connectivity index (χ2n) is 2.63. The van der Waals surface area contributed by atoms with Crippen LogP contribution < -0.4 is 5.32 Å². The lowest BCUT2D eigenvalue weighted by molar-refractivity contribution is 0.294. The highest BCUT2D eigenvalue weighted by molar-refractivity contribution is 4.69. The largest absolute Gasteiger partial charge is 0.245 e. The Bertz CT molecular complexity index is 57.4. The molecule has 0 aromatic carbocycles. The highest BCUT2D eigenvalue weighted by Crippen LogP contribution is 2.28. The molecule has 0 unspecified atom stereocenters. The van der Waals surface area contributed by atoms with Crippen LogP contribution in [0.4, 0.5) is 0 Å². The standard InChI is InChI=1S/C7H14N/c1-8-6-5-7-3-2-4-7/h7H,2-6H2,1H3. The Balaban J connectivity index is 1.86. The van der Waals surface area contributed by atoms with Gasteiger partial charge in [0.1, 0.15) is 0 Å². The Kier molecular flexibility index (Phi) is 2.34. The van der Waals surface area contributed by atoms with Crippen LogP contribution >= 0.6 is 0 Å². The predicted molar refractivity (Wildman–Crippen MR) is 34.9 cm³/mol. The maximum absolute atomic E-state index is 4.06. The van der Waals surface area contributed by atoms with Gasteiger partial charge < -0.3 is 0 Å². The summed E-state index contributed by atoms with van der Waals surface area (Å²) < 4.78 is 0. The molecule has 0 amide bonds. The first-order valence-electron chi connectivity index (χ1n) is 3.49. The maximum atomic E-state index is 4.06. The zero-order valence-electron chi connectivity index (χ0n) is 5.56. The van der Waals surface area contributed by atoms with Gasteiger partial charge in [0.2, 0.25) is 0 Å². The monoisotopic (exact) mass is 112 g/mol. The highest BCUT2D eigenvalue weighted by atomic mass is 14.8. The smallest absolute Gasteiger partial charge is 0.0132 e. The third-order valence-electron chi connectivity index (χ3n) is 1.99. The van der Waals surface area contributed by atoms with Crippen molar-refractivity contribution in [1.82, 2.24) is 5.32 Å². The van der Waals surface area contributed by atoms with Gasteiger partial charge in [-0.25, -0.2) is 5.32 Å². The zero-order chi connectivity index (χ0) is 5.82. The van der Waals surface area contributed by atoms with Gasteiger partial charge in [0, 0.05) is 13.6 Å². The maximum Gasteiger partial charge on any atom is 0.0132 e. The van der Waals surface area contributed by atoms with Gasteiger partial charge in [-0.3, -0.25) is 0 Å². The molecule has 0 aromatic rings. The number of nitrogens with zero attached hydrogens (tertiary/aromatic N) is 1. The van der Waals surface area contributed by atoms with E-state index in [0.29, 0.717) is 0 Å². The third kappa shape index (κ3) is 1.48. The number of rotatable bonds is 3. The van der Waals surface area contributed by atoms with Crippen LogP contribution in [0.15, 0.2) is 0 Å². The van der Waals surface area contributed by atoms with Crippen molar-refractivity contribution in [3.63, 3.8) is 0 Å². The molecule has 1 nitrogen and oxygen atoms in total. The molecule has 0 heterocycles. The van der Waals surface area contributed by atoms with Gasteiger partial charge in [0.15, 0.2) is 0 Å². The SMILES string of the molecule is C[N]CCC1CCC1. The van der Waals surface area contributed by atoms with Crippen molar-refractivity contribution in [3.05, 3.63) is 0 Å². The van der Waals surface area contributed by atoms with Crippen molar-refractivity contribution >= 4 is 0 Å². The van der Waals surface area contributed by atoms with Crippen molar-refractivity contribution in [3.8, 4) is 0 Å². The topological polar surface area (TPSA) is 14.1 Å². The lowest BCUT2D eigenvalue weighted by atomic mass is 9.83. The summed E-state index contributed by atoms with van der Waals surface area (Å²) in [4.78, 5) is 0. The normalized spacial score (nSPS) is 20.6. The lowest BCUT2D eigenvalue weighted by Crippen LogP contribution is -2.15. The first-order chi connectivity index (χ1) is 3.93. The van der Waals surface area contributed by atoms with Crippen molar-refractivity contribution < 1.29 is 0 Å². The lowest BCUT2D eigenvalue weighted by Gasteiger charge is -2.24. The van der Waals surface area contributed by atoms with Crippen molar-refractivity contribution in [1.29, 1.82) is 0 Å². The van der Waals surface area contributed by atoms with Gasteiger partial charge in [-0.05, 0) is 12.3 Å². The highest BCUT2D eigenvalue weighted by Gasteiger charge is 2.15. The molecule has 0 atom stereocenters. The van der Waals surface area contributed by atoms with Crippen LogP contribution in [0.2, 0.25) is 0 Å². The van der Waals surface area contributed by atoms with Gasteiger partial charge in [-0.1, -0.05) is 19.3 Å². The molecule has 0 N–H and O–H groups in total. The molecule has 1 aliphatic carbocycles. The first kappa shape index (κ1) is 6.09. The first-order valence-corrected chi connectivity index (χ1v) is 3.49. The van der Waals surface area contributed by atoms with Crippen LogP contribution in [0.5, 0.6) is 0 Å². The van der Waals surface area contributed by atoms with E-state index in [9.17, 15) is 0 Å². The molecule has 0 saturated heterocycles. The Labute approximate surface area is 51.5 Å². The Morgan fingerprint density at radius 2 is 2.25 bits per heavy atom. The Hall–Kier alpha value is -0.0400. The van der Waals surface area contributed by atoms with E-state index >= 15 is 0 Å². The molecule has 0 aromatic heterocycles. The minimum Gasteiger partial charge on any atom is -0.245 e. The van der Waals surface area contributed by atoms with Crippen LogP contribution in [0, 0.1) is 5.92 Å². The molecule has 1 aliphatic rings. The van der Waals surface area contributed by atoms with E-state index in [2.05, 4.69) is 5.32 Å². The van der Waals surface area contributed by atoms with Gasteiger partial charge in [0.05, 0.1) is 0 Å². The van der Waals surface area contributed by atoms with E-state index in [0.717, 1.165) is 12.5 Å². The summed E-state index contributed by atoms with van der Waals surface area (Å²) in [5, 5.41) is 4.06. The van der Waals surface area contributed by atoms with Crippen LogP contribution in [0.1, 0.15) is 25.7 Å². The van der Waals surface area contributed by atoms with Gasteiger partial charge in [0.25, 0.3) is 0 Å². The fourth-order valence-corrected chi connectivity index (χ4v) is 1.09. The predicted octanol–water partition coefficient (Wildman–Crippen LogP) is 1.41. The number of hydrogen-bond acceptors (Lipinski definition) is 0. The van der Waals surface area contributed by atoms with E-state index in [-0.39, 0.29) is 0 Å². The molecule has 1 saturated carbocycles. The van der Waals surface area contributed by atoms with Crippen molar-refractivity contribution in [2.75, 3.05) is 13.6 Å². The summed E-state index contributed by atoms with van der Waals surface area (Å²) in [5.74, 6) is 1.04.